The van der Waals surface area contributed by atoms with Gasteiger partial charge < -0.3 is 15.5 Å². The van der Waals surface area contributed by atoms with Gasteiger partial charge in [-0.1, -0.05) is 11.6 Å². The van der Waals surface area contributed by atoms with Crippen LogP contribution in [0.3, 0.4) is 0 Å². The molecule has 3 aliphatic rings. The summed E-state index contributed by atoms with van der Waals surface area (Å²) in [5.41, 5.74) is 6.46. The predicted octanol–water partition coefficient (Wildman–Crippen LogP) is 0.367. The molecule has 0 bridgehead atoms. The van der Waals surface area contributed by atoms with Crippen molar-refractivity contribution in [1.29, 1.82) is 0 Å². The normalized spacial score (nSPS) is 28.6. The Morgan fingerprint density at radius 3 is 2.74 bits per heavy atom. The van der Waals surface area contributed by atoms with E-state index in [0.29, 0.717) is 42.8 Å². The van der Waals surface area contributed by atoms with Gasteiger partial charge in [0, 0.05) is 43.7 Å². The molecule has 1 aromatic rings. The number of carbonyl (C=O) groups is 2. The Kier molecular flexibility index (Phi) is 5.58. The lowest BCUT2D eigenvalue weighted by molar-refractivity contribution is -0.137. The minimum absolute atomic E-state index is 0.0471. The van der Waals surface area contributed by atoms with Crippen LogP contribution in [0.2, 0.25) is 5.02 Å². The van der Waals surface area contributed by atoms with Crippen LogP contribution in [0.1, 0.15) is 19.3 Å². The summed E-state index contributed by atoms with van der Waals surface area (Å²) >= 11 is 5.81. The van der Waals surface area contributed by atoms with Crippen molar-refractivity contribution in [2.24, 2.45) is 11.8 Å². The Hall–Kier alpha value is -1.74. The number of likely N-dealkylation sites (tertiary alicyclic amines) is 1. The molecule has 2 amide bonds. The van der Waals surface area contributed by atoms with Crippen molar-refractivity contribution in [2.75, 3.05) is 31.5 Å². The third kappa shape index (κ3) is 4.08. The lowest BCUT2D eigenvalue weighted by Gasteiger charge is -2.35. The summed E-state index contributed by atoms with van der Waals surface area (Å²) in [5, 5.41) is 6.74. The largest absolute Gasteiger partial charge is 0.341 e. The van der Waals surface area contributed by atoms with Crippen LogP contribution in [0.5, 0.6) is 0 Å². The third-order valence-corrected chi connectivity index (χ3v) is 6.03. The molecule has 146 valence electrons. The van der Waals surface area contributed by atoms with E-state index in [-0.39, 0.29) is 29.7 Å². The molecular formula is C18H25ClN6O2. The van der Waals surface area contributed by atoms with Crippen LogP contribution < -0.4 is 21.5 Å². The Morgan fingerprint density at radius 2 is 2.00 bits per heavy atom. The summed E-state index contributed by atoms with van der Waals surface area (Å²) in [6.45, 7) is 3.05. The standard InChI is InChI=1S/C18H25ClN6O2/c19-12-1-2-15(21-9-12)22-17(26)11-4-7-25(8-5-11)18(27)16-13-10-20-6-3-14(13)23-24-16/h1-2,9,11,13-14,16,20,23-24H,3-8,10H2,(H,21,22,26). The molecule has 3 saturated heterocycles. The first kappa shape index (κ1) is 18.6. The van der Waals surface area contributed by atoms with Crippen LogP contribution in [0, 0.1) is 11.8 Å². The van der Waals surface area contributed by atoms with Gasteiger partial charge in [0.05, 0.1) is 5.02 Å². The maximum atomic E-state index is 12.9. The van der Waals surface area contributed by atoms with E-state index in [1.807, 2.05) is 4.90 Å². The van der Waals surface area contributed by atoms with Gasteiger partial charge in [0.1, 0.15) is 11.9 Å². The first-order chi connectivity index (χ1) is 13.1. The minimum Gasteiger partial charge on any atom is -0.341 e. The highest BCUT2D eigenvalue weighted by atomic mass is 35.5. The van der Waals surface area contributed by atoms with Crippen molar-refractivity contribution in [3.05, 3.63) is 23.4 Å². The highest BCUT2D eigenvalue weighted by molar-refractivity contribution is 6.30. The van der Waals surface area contributed by atoms with Crippen molar-refractivity contribution >= 4 is 29.2 Å². The smallest absolute Gasteiger partial charge is 0.241 e. The van der Waals surface area contributed by atoms with Gasteiger partial charge in [-0.2, -0.15) is 0 Å². The van der Waals surface area contributed by atoms with Crippen LogP contribution in [0.15, 0.2) is 18.3 Å². The second kappa shape index (κ2) is 8.10. The Labute approximate surface area is 163 Å². The molecule has 0 aliphatic carbocycles. The fraction of sp³-hybridized carbons (Fsp3) is 0.611. The van der Waals surface area contributed by atoms with E-state index in [1.165, 1.54) is 6.20 Å². The number of pyridine rings is 1. The van der Waals surface area contributed by atoms with Crippen molar-refractivity contribution in [1.82, 2.24) is 26.1 Å². The number of anilines is 1. The second-order valence-corrected chi connectivity index (χ2v) is 7.92. The lowest BCUT2D eigenvalue weighted by atomic mass is 9.88. The van der Waals surface area contributed by atoms with E-state index in [9.17, 15) is 9.59 Å². The molecule has 3 aliphatic heterocycles. The van der Waals surface area contributed by atoms with Gasteiger partial charge in [0.2, 0.25) is 11.8 Å². The summed E-state index contributed by atoms with van der Waals surface area (Å²) in [4.78, 5) is 31.4. The van der Waals surface area contributed by atoms with Crippen LogP contribution >= 0.6 is 11.6 Å². The average molecular weight is 393 g/mol. The van der Waals surface area contributed by atoms with E-state index in [2.05, 4.69) is 26.5 Å². The Morgan fingerprint density at radius 1 is 1.19 bits per heavy atom. The zero-order valence-electron chi connectivity index (χ0n) is 15.1. The van der Waals surface area contributed by atoms with E-state index >= 15 is 0 Å². The van der Waals surface area contributed by atoms with Gasteiger partial charge in [-0.15, -0.1) is 0 Å². The molecule has 3 unspecified atom stereocenters. The van der Waals surface area contributed by atoms with Crippen molar-refractivity contribution in [2.45, 2.75) is 31.3 Å². The molecule has 0 radical (unpaired) electrons. The van der Waals surface area contributed by atoms with Crippen molar-refractivity contribution in [3.63, 3.8) is 0 Å². The van der Waals surface area contributed by atoms with E-state index in [1.54, 1.807) is 12.1 Å². The fourth-order valence-electron chi connectivity index (χ4n) is 4.20. The highest BCUT2D eigenvalue weighted by Gasteiger charge is 2.43. The number of amides is 2. The summed E-state index contributed by atoms with van der Waals surface area (Å²) in [7, 11) is 0. The Bertz CT molecular complexity index is 692. The van der Waals surface area contributed by atoms with Gasteiger partial charge in [-0.25, -0.2) is 10.4 Å². The van der Waals surface area contributed by atoms with Gasteiger partial charge in [-0.05, 0) is 37.9 Å². The number of hydrazine groups is 1. The summed E-state index contributed by atoms with van der Waals surface area (Å²) in [5.74, 6) is 0.763. The molecule has 3 fully saturated rings. The topological polar surface area (TPSA) is 98.4 Å². The van der Waals surface area contributed by atoms with Crippen LogP contribution in [-0.4, -0.2) is 60.0 Å². The van der Waals surface area contributed by atoms with Gasteiger partial charge >= 0.3 is 0 Å². The molecule has 0 saturated carbocycles. The fourth-order valence-corrected chi connectivity index (χ4v) is 4.31. The quantitative estimate of drug-likeness (QED) is 0.593. The molecule has 1 aromatic heterocycles. The number of nitrogens with zero attached hydrogens (tertiary/aromatic N) is 2. The number of aromatic nitrogens is 1. The Balaban J connectivity index is 1.29. The third-order valence-electron chi connectivity index (χ3n) is 5.80. The van der Waals surface area contributed by atoms with Gasteiger partial charge in [0.25, 0.3) is 0 Å². The molecule has 4 rings (SSSR count). The maximum Gasteiger partial charge on any atom is 0.241 e. The number of hydrogen-bond donors (Lipinski definition) is 4. The van der Waals surface area contributed by atoms with Crippen molar-refractivity contribution in [3.8, 4) is 0 Å². The number of nitrogens with one attached hydrogen (secondary N) is 4. The number of rotatable bonds is 3. The highest BCUT2D eigenvalue weighted by Crippen LogP contribution is 2.25. The van der Waals surface area contributed by atoms with Gasteiger partial charge in [-0.3, -0.25) is 15.0 Å². The van der Waals surface area contributed by atoms with Crippen LogP contribution in [0.25, 0.3) is 0 Å². The second-order valence-electron chi connectivity index (χ2n) is 7.48. The van der Waals surface area contributed by atoms with E-state index < -0.39 is 0 Å². The first-order valence-corrected chi connectivity index (χ1v) is 9.92. The number of fused-ring (bicyclic) bond motifs is 1. The van der Waals surface area contributed by atoms with E-state index in [0.717, 1.165) is 19.5 Å². The summed E-state index contributed by atoms with van der Waals surface area (Å²) in [6.07, 6.45) is 3.87. The van der Waals surface area contributed by atoms with Crippen LogP contribution in [0.4, 0.5) is 5.82 Å². The number of halogens is 1. The molecule has 0 aromatic carbocycles. The molecule has 27 heavy (non-hydrogen) atoms. The minimum atomic E-state index is -0.188. The monoisotopic (exact) mass is 392 g/mol. The van der Waals surface area contributed by atoms with E-state index in [4.69, 9.17) is 11.6 Å². The molecule has 0 spiro atoms. The molecule has 4 N–H and O–H groups in total. The van der Waals surface area contributed by atoms with Gasteiger partial charge in [0.15, 0.2) is 0 Å². The molecule has 4 heterocycles. The summed E-state index contributed by atoms with van der Waals surface area (Å²) < 4.78 is 0. The molecule has 8 nitrogen and oxygen atoms in total. The average Bonchev–Trinajstić information content (AvgIpc) is 3.13. The zero-order valence-corrected chi connectivity index (χ0v) is 15.8. The first-order valence-electron chi connectivity index (χ1n) is 9.55. The molecule has 3 atom stereocenters. The lowest BCUT2D eigenvalue weighted by Crippen LogP contribution is -2.52. The number of hydrogen-bond acceptors (Lipinski definition) is 6. The number of piperidine rings is 2. The maximum absolute atomic E-state index is 12.9. The zero-order chi connectivity index (χ0) is 18.8. The molecular weight excluding hydrogens is 368 g/mol. The number of carbonyl (C=O) groups excluding carboxylic acids is 2. The van der Waals surface area contributed by atoms with Crippen LogP contribution in [-0.2, 0) is 9.59 Å². The predicted molar refractivity (Wildman–Crippen MR) is 102 cm³/mol. The molecule has 9 heteroatoms. The SMILES string of the molecule is O=C(Nc1ccc(Cl)cn1)C1CCN(C(=O)C2NNC3CCNCC32)CC1. The summed E-state index contributed by atoms with van der Waals surface area (Å²) in [6, 6.07) is 3.55. The van der Waals surface area contributed by atoms with Crippen molar-refractivity contribution < 1.29 is 9.59 Å².